The highest BCUT2D eigenvalue weighted by molar-refractivity contribution is 6.38. The first-order valence-electron chi connectivity index (χ1n) is 12.0. The SMILES string of the molecule is CC(=O)C(=O)C(CC1CC1)NC(=O)[C@@H]1[C@@H]2[C@H](CN1COC[C@@H](NC(N)=O)C(C)(C)C)C2(C)C. The van der Waals surface area contributed by atoms with Crippen LogP contribution >= 0.6 is 0 Å². The smallest absolute Gasteiger partial charge is 0.312 e. The lowest BCUT2D eigenvalue weighted by Gasteiger charge is -2.33. The van der Waals surface area contributed by atoms with Crippen molar-refractivity contribution in [1.29, 1.82) is 0 Å². The molecule has 2 aliphatic carbocycles. The molecule has 1 heterocycles. The number of ether oxygens (including phenoxy) is 1. The molecule has 186 valence electrons. The second-order valence-electron chi connectivity index (χ2n) is 11.8. The molecule has 3 aliphatic rings. The van der Waals surface area contributed by atoms with Crippen LogP contribution in [0.25, 0.3) is 0 Å². The molecule has 33 heavy (non-hydrogen) atoms. The summed E-state index contributed by atoms with van der Waals surface area (Å²) in [6.45, 7) is 12.8. The molecule has 1 aliphatic heterocycles. The third-order valence-electron chi connectivity index (χ3n) is 7.72. The van der Waals surface area contributed by atoms with Gasteiger partial charge in [-0.15, -0.1) is 0 Å². The second-order valence-corrected chi connectivity index (χ2v) is 11.8. The van der Waals surface area contributed by atoms with Crippen molar-refractivity contribution >= 4 is 23.5 Å². The molecule has 9 nitrogen and oxygen atoms in total. The maximum Gasteiger partial charge on any atom is 0.312 e. The molecule has 0 radical (unpaired) electrons. The van der Waals surface area contributed by atoms with Crippen LogP contribution in [0.15, 0.2) is 0 Å². The average molecular weight is 465 g/mol. The van der Waals surface area contributed by atoms with Crippen LogP contribution in [0.4, 0.5) is 4.79 Å². The zero-order chi connectivity index (χ0) is 24.7. The van der Waals surface area contributed by atoms with Crippen molar-refractivity contribution in [3.05, 3.63) is 0 Å². The van der Waals surface area contributed by atoms with E-state index in [-0.39, 0.29) is 42.0 Å². The van der Waals surface area contributed by atoms with Crippen molar-refractivity contribution in [3.63, 3.8) is 0 Å². The van der Waals surface area contributed by atoms with E-state index in [0.717, 1.165) is 19.4 Å². The van der Waals surface area contributed by atoms with Crippen molar-refractivity contribution in [3.8, 4) is 0 Å². The molecule has 4 N–H and O–H groups in total. The van der Waals surface area contributed by atoms with Crippen LogP contribution in [-0.4, -0.2) is 66.4 Å². The molecule has 9 heteroatoms. The Kier molecular flexibility index (Phi) is 7.24. The monoisotopic (exact) mass is 464 g/mol. The molecule has 0 bridgehead atoms. The Balaban J connectivity index is 1.65. The number of carbonyl (C=O) groups is 4. The van der Waals surface area contributed by atoms with E-state index in [0.29, 0.717) is 18.3 Å². The van der Waals surface area contributed by atoms with Gasteiger partial charge in [-0.25, -0.2) is 4.79 Å². The maximum absolute atomic E-state index is 13.4. The molecular formula is C24H40N4O5. The summed E-state index contributed by atoms with van der Waals surface area (Å²) in [6.07, 6.45) is 2.59. The third kappa shape index (κ3) is 5.93. The summed E-state index contributed by atoms with van der Waals surface area (Å²) >= 11 is 0. The Labute approximate surface area is 196 Å². The van der Waals surface area contributed by atoms with Crippen molar-refractivity contribution < 1.29 is 23.9 Å². The van der Waals surface area contributed by atoms with Gasteiger partial charge in [0.1, 0.15) is 0 Å². The largest absolute Gasteiger partial charge is 0.364 e. The number of nitrogens with zero attached hydrogens (tertiary/aromatic N) is 1. The van der Waals surface area contributed by atoms with Gasteiger partial charge in [0.25, 0.3) is 0 Å². The number of nitrogens with one attached hydrogen (secondary N) is 2. The van der Waals surface area contributed by atoms with E-state index in [9.17, 15) is 19.2 Å². The topological polar surface area (TPSA) is 131 Å². The van der Waals surface area contributed by atoms with Crippen LogP contribution in [0, 0.1) is 28.6 Å². The van der Waals surface area contributed by atoms with E-state index in [4.69, 9.17) is 10.5 Å². The summed E-state index contributed by atoms with van der Waals surface area (Å²) in [6, 6.07) is -2.04. The van der Waals surface area contributed by atoms with E-state index in [1.807, 2.05) is 25.7 Å². The van der Waals surface area contributed by atoms with Gasteiger partial charge < -0.3 is 21.1 Å². The van der Waals surface area contributed by atoms with Gasteiger partial charge in [0, 0.05) is 13.5 Å². The van der Waals surface area contributed by atoms with Gasteiger partial charge in [-0.3, -0.25) is 19.3 Å². The summed E-state index contributed by atoms with van der Waals surface area (Å²) in [5, 5.41) is 5.64. The van der Waals surface area contributed by atoms with Crippen molar-refractivity contribution in [1.82, 2.24) is 15.5 Å². The number of hydrogen-bond acceptors (Lipinski definition) is 6. The molecule has 0 spiro atoms. The molecule has 1 saturated heterocycles. The van der Waals surface area contributed by atoms with Crippen LogP contribution in [0.5, 0.6) is 0 Å². The molecule has 0 aromatic rings. The summed E-state index contributed by atoms with van der Waals surface area (Å²) in [5.74, 6) is -0.291. The van der Waals surface area contributed by atoms with Gasteiger partial charge in [-0.2, -0.15) is 0 Å². The fourth-order valence-electron chi connectivity index (χ4n) is 5.21. The van der Waals surface area contributed by atoms with E-state index < -0.39 is 29.7 Å². The maximum atomic E-state index is 13.4. The number of amides is 3. The Hall–Kier alpha value is -2.00. The van der Waals surface area contributed by atoms with E-state index in [1.165, 1.54) is 6.92 Å². The van der Waals surface area contributed by atoms with Crippen LogP contribution in [0.2, 0.25) is 0 Å². The number of fused-ring (bicyclic) bond motifs is 1. The highest BCUT2D eigenvalue weighted by atomic mass is 16.5. The number of primary amides is 1. The Morgan fingerprint density at radius 3 is 2.30 bits per heavy atom. The number of ketones is 2. The lowest BCUT2D eigenvalue weighted by atomic mass is 9.87. The molecule has 1 unspecified atom stereocenters. The van der Waals surface area contributed by atoms with Crippen LogP contribution < -0.4 is 16.4 Å². The number of urea groups is 1. The fourth-order valence-corrected chi connectivity index (χ4v) is 5.21. The van der Waals surface area contributed by atoms with E-state index >= 15 is 0 Å². The Morgan fingerprint density at radius 2 is 1.79 bits per heavy atom. The predicted octanol–water partition coefficient (Wildman–Crippen LogP) is 1.44. The summed E-state index contributed by atoms with van der Waals surface area (Å²) < 4.78 is 5.94. The van der Waals surface area contributed by atoms with Gasteiger partial charge in [0.2, 0.25) is 11.7 Å². The summed E-state index contributed by atoms with van der Waals surface area (Å²) in [5.41, 5.74) is 5.12. The molecule has 5 atom stereocenters. The van der Waals surface area contributed by atoms with Crippen molar-refractivity contribution in [2.24, 2.45) is 34.3 Å². The van der Waals surface area contributed by atoms with Crippen molar-refractivity contribution in [2.75, 3.05) is 19.9 Å². The minimum atomic E-state index is -0.754. The number of hydrogen-bond donors (Lipinski definition) is 3. The summed E-state index contributed by atoms with van der Waals surface area (Å²) in [4.78, 5) is 50.9. The minimum Gasteiger partial charge on any atom is -0.364 e. The lowest BCUT2D eigenvalue weighted by molar-refractivity contribution is -0.139. The Morgan fingerprint density at radius 1 is 1.15 bits per heavy atom. The quantitative estimate of drug-likeness (QED) is 0.397. The fraction of sp³-hybridized carbons (Fsp3) is 0.833. The minimum absolute atomic E-state index is 0.0521. The zero-order valence-electron chi connectivity index (χ0n) is 20.8. The highest BCUT2D eigenvalue weighted by Crippen LogP contribution is 2.64. The number of piperidine rings is 1. The zero-order valence-corrected chi connectivity index (χ0v) is 20.8. The van der Waals surface area contributed by atoms with Gasteiger partial charge in [0.15, 0.2) is 5.78 Å². The van der Waals surface area contributed by atoms with Gasteiger partial charge in [-0.05, 0) is 35.0 Å². The molecule has 0 aromatic carbocycles. The first kappa shape index (κ1) is 25.6. The number of Topliss-reactive ketones (excluding diaryl/α,β-unsaturated/α-hetero) is 2. The van der Waals surface area contributed by atoms with Gasteiger partial charge in [0.05, 0.1) is 31.5 Å². The normalized spacial score (nSPS) is 27.9. The molecule has 3 fully saturated rings. The molecular weight excluding hydrogens is 424 g/mol. The molecule has 3 amide bonds. The highest BCUT2D eigenvalue weighted by Gasteiger charge is 2.68. The van der Waals surface area contributed by atoms with Gasteiger partial charge >= 0.3 is 6.03 Å². The number of carbonyl (C=O) groups excluding carboxylic acids is 4. The molecule has 2 saturated carbocycles. The number of rotatable bonds is 11. The predicted molar refractivity (Wildman–Crippen MR) is 123 cm³/mol. The number of nitrogens with two attached hydrogens (primary N) is 1. The molecule has 3 rings (SSSR count). The lowest BCUT2D eigenvalue weighted by Crippen LogP contribution is -2.54. The third-order valence-corrected chi connectivity index (χ3v) is 7.72. The van der Waals surface area contributed by atoms with Crippen LogP contribution in [-0.2, 0) is 19.1 Å². The van der Waals surface area contributed by atoms with Crippen molar-refractivity contribution in [2.45, 2.75) is 78.9 Å². The average Bonchev–Trinajstić information content (AvgIpc) is 3.53. The first-order chi connectivity index (χ1) is 15.2. The Bertz CT molecular complexity index is 801. The van der Waals surface area contributed by atoms with Crippen LogP contribution in [0.3, 0.4) is 0 Å². The number of likely N-dealkylation sites (tertiary alicyclic amines) is 1. The first-order valence-corrected chi connectivity index (χ1v) is 12.0. The summed E-state index contributed by atoms with van der Waals surface area (Å²) in [7, 11) is 0. The second kappa shape index (κ2) is 9.33. The standard InChI is InChI=1S/C24H40N4O5/c1-13(29)20(30)16(9-14-7-8-14)26-21(31)19-18-15(24(18,5)6)10-28(19)12-33-11-17(23(2,3)4)27-22(25)32/h14-19H,7-12H2,1-6H3,(H,26,31)(H3,25,27,32)/t15-,16?,17+,18-,19-/m0/s1. The van der Waals surface area contributed by atoms with Crippen LogP contribution in [0.1, 0.15) is 60.8 Å². The van der Waals surface area contributed by atoms with E-state index in [2.05, 4.69) is 24.5 Å². The molecule has 0 aromatic heterocycles. The van der Waals surface area contributed by atoms with E-state index in [1.54, 1.807) is 0 Å². The van der Waals surface area contributed by atoms with Gasteiger partial charge in [-0.1, -0.05) is 47.5 Å².